The zero-order chi connectivity index (χ0) is 16.1. The fourth-order valence-corrected chi connectivity index (χ4v) is 3.33. The molecule has 0 spiro atoms. The molecule has 1 saturated heterocycles. The van der Waals surface area contributed by atoms with Gasteiger partial charge in [-0.2, -0.15) is 0 Å². The molecule has 0 radical (unpaired) electrons. The highest BCUT2D eigenvalue weighted by atomic mass is 79.9. The molecular formula is C17H26BrN3O. The summed E-state index contributed by atoms with van der Waals surface area (Å²) in [6.45, 7) is 7.18. The average molecular weight is 368 g/mol. The van der Waals surface area contributed by atoms with E-state index in [-0.39, 0.29) is 5.91 Å². The van der Waals surface area contributed by atoms with Gasteiger partial charge in [0.15, 0.2) is 0 Å². The number of hydrogen-bond donors (Lipinski definition) is 1. The van der Waals surface area contributed by atoms with E-state index in [2.05, 4.69) is 51.9 Å². The minimum atomic E-state index is 0.0423. The van der Waals surface area contributed by atoms with E-state index in [0.717, 1.165) is 36.1 Å². The van der Waals surface area contributed by atoms with Crippen LogP contribution in [0.25, 0.3) is 0 Å². The second kappa shape index (κ2) is 8.09. The number of anilines is 1. The van der Waals surface area contributed by atoms with Gasteiger partial charge in [-0.05, 0) is 74.9 Å². The van der Waals surface area contributed by atoms with Crippen molar-refractivity contribution in [1.82, 2.24) is 9.80 Å². The predicted molar refractivity (Wildman–Crippen MR) is 95.1 cm³/mol. The second-order valence-electron chi connectivity index (χ2n) is 6.30. The maximum Gasteiger partial charge on any atom is 0.238 e. The van der Waals surface area contributed by atoms with Crippen LogP contribution in [0.3, 0.4) is 0 Å². The topological polar surface area (TPSA) is 35.6 Å². The largest absolute Gasteiger partial charge is 0.324 e. The van der Waals surface area contributed by atoms with E-state index < -0.39 is 0 Å². The van der Waals surface area contributed by atoms with Gasteiger partial charge in [-0.1, -0.05) is 12.1 Å². The van der Waals surface area contributed by atoms with Crippen molar-refractivity contribution in [1.29, 1.82) is 0 Å². The van der Waals surface area contributed by atoms with Crippen LogP contribution >= 0.6 is 15.9 Å². The van der Waals surface area contributed by atoms with E-state index in [1.807, 2.05) is 24.3 Å². The summed E-state index contributed by atoms with van der Waals surface area (Å²) >= 11 is 3.45. The standard InChI is InChI=1S/C17H26BrN3O/c1-13(2)21-10-8-14(9-11-21)20(3)12-17(22)19-16-7-5-4-6-15(16)18/h4-7,13-14H,8-12H2,1-3H3,(H,19,22). The summed E-state index contributed by atoms with van der Waals surface area (Å²) in [5.74, 6) is 0.0423. The zero-order valence-electron chi connectivity index (χ0n) is 13.7. The fraction of sp³-hybridized carbons (Fsp3) is 0.588. The first-order valence-corrected chi connectivity index (χ1v) is 8.75. The molecule has 1 heterocycles. The molecule has 1 aliphatic rings. The number of amides is 1. The van der Waals surface area contributed by atoms with Gasteiger partial charge in [-0.25, -0.2) is 0 Å². The summed E-state index contributed by atoms with van der Waals surface area (Å²) in [6.07, 6.45) is 2.27. The van der Waals surface area contributed by atoms with Crippen LogP contribution in [0.15, 0.2) is 28.7 Å². The Hall–Kier alpha value is -0.910. The van der Waals surface area contributed by atoms with Crippen LogP contribution in [0.1, 0.15) is 26.7 Å². The number of carbonyl (C=O) groups is 1. The van der Waals surface area contributed by atoms with E-state index >= 15 is 0 Å². The number of nitrogens with zero attached hydrogens (tertiary/aromatic N) is 2. The number of piperidine rings is 1. The van der Waals surface area contributed by atoms with Crippen molar-refractivity contribution in [2.24, 2.45) is 0 Å². The Bertz CT molecular complexity index is 498. The molecule has 1 N–H and O–H groups in total. The normalized spacial score (nSPS) is 17.2. The van der Waals surface area contributed by atoms with Crippen LogP contribution < -0.4 is 5.32 Å². The van der Waals surface area contributed by atoms with E-state index in [9.17, 15) is 4.79 Å². The number of nitrogens with one attached hydrogen (secondary N) is 1. The van der Waals surface area contributed by atoms with Crippen molar-refractivity contribution >= 4 is 27.5 Å². The minimum Gasteiger partial charge on any atom is -0.324 e. The van der Waals surface area contributed by atoms with Crippen LogP contribution in [0, 0.1) is 0 Å². The quantitative estimate of drug-likeness (QED) is 0.867. The third-order valence-corrected chi connectivity index (χ3v) is 5.09. The average Bonchev–Trinajstić information content (AvgIpc) is 2.49. The molecular weight excluding hydrogens is 342 g/mol. The van der Waals surface area contributed by atoms with E-state index in [1.54, 1.807) is 0 Å². The number of benzene rings is 1. The highest BCUT2D eigenvalue weighted by molar-refractivity contribution is 9.10. The van der Waals surface area contributed by atoms with Gasteiger partial charge in [0.2, 0.25) is 5.91 Å². The van der Waals surface area contributed by atoms with Crippen molar-refractivity contribution in [3.05, 3.63) is 28.7 Å². The van der Waals surface area contributed by atoms with E-state index in [4.69, 9.17) is 0 Å². The smallest absolute Gasteiger partial charge is 0.238 e. The summed E-state index contributed by atoms with van der Waals surface area (Å²) in [6, 6.07) is 8.81. The fourth-order valence-electron chi connectivity index (χ4n) is 2.95. The number of halogens is 1. The molecule has 0 atom stereocenters. The molecule has 2 rings (SSSR count). The predicted octanol–water partition coefficient (Wildman–Crippen LogP) is 3.19. The molecule has 0 bridgehead atoms. The summed E-state index contributed by atoms with van der Waals surface area (Å²) in [5, 5.41) is 2.97. The van der Waals surface area contributed by atoms with Gasteiger partial charge < -0.3 is 10.2 Å². The third kappa shape index (κ3) is 4.80. The van der Waals surface area contributed by atoms with Crippen molar-refractivity contribution in [3.63, 3.8) is 0 Å². The highest BCUT2D eigenvalue weighted by Crippen LogP contribution is 2.21. The summed E-state index contributed by atoms with van der Waals surface area (Å²) in [7, 11) is 2.05. The number of hydrogen-bond acceptors (Lipinski definition) is 3. The van der Waals surface area contributed by atoms with E-state index in [1.165, 1.54) is 0 Å². The van der Waals surface area contributed by atoms with Gasteiger partial charge in [0.05, 0.1) is 12.2 Å². The monoisotopic (exact) mass is 367 g/mol. The summed E-state index contributed by atoms with van der Waals surface area (Å²) in [4.78, 5) is 16.9. The Labute approximate surface area is 142 Å². The molecule has 5 heteroatoms. The van der Waals surface area contributed by atoms with Gasteiger partial charge in [-0.15, -0.1) is 0 Å². The van der Waals surface area contributed by atoms with Gasteiger partial charge >= 0.3 is 0 Å². The molecule has 122 valence electrons. The Morgan fingerprint density at radius 3 is 2.59 bits per heavy atom. The van der Waals surface area contributed by atoms with Gasteiger partial charge in [0, 0.05) is 16.6 Å². The van der Waals surface area contributed by atoms with Gasteiger partial charge in [0.25, 0.3) is 0 Å². The molecule has 1 aromatic rings. The van der Waals surface area contributed by atoms with E-state index in [0.29, 0.717) is 18.6 Å². The second-order valence-corrected chi connectivity index (χ2v) is 7.16. The first-order chi connectivity index (χ1) is 10.5. The molecule has 0 unspecified atom stereocenters. The number of carbonyl (C=O) groups excluding carboxylic acids is 1. The highest BCUT2D eigenvalue weighted by Gasteiger charge is 2.24. The van der Waals surface area contributed by atoms with Crippen molar-refractivity contribution in [2.75, 3.05) is 32.0 Å². The maximum absolute atomic E-state index is 12.2. The molecule has 1 aliphatic heterocycles. The van der Waals surface area contributed by atoms with Crippen LogP contribution in [0.4, 0.5) is 5.69 Å². The first kappa shape index (κ1) is 17.4. The summed E-state index contributed by atoms with van der Waals surface area (Å²) < 4.78 is 0.913. The van der Waals surface area contributed by atoms with Gasteiger partial charge in [-0.3, -0.25) is 9.69 Å². The molecule has 1 fully saturated rings. The molecule has 1 aromatic carbocycles. The lowest BCUT2D eigenvalue weighted by Gasteiger charge is -2.38. The van der Waals surface area contributed by atoms with Crippen LogP contribution in [-0.2, 0) is 4.79 Å². The molecule has 1 amide bonds. The lowest BCUT2D eigenvalue weighted by molar-refractivity contribution is -0.117. The Kier molecular flexibility index (Phi) is 6.41. The lowest BCUT2D eigenvalue weighted by atomic mass is 10.0. The Morgan fingerprint density at radius 2 is 2.00 bits per heavy atom. The lowest BCUT2D eigenvalue weighted by Crippen LogP contribution is -2.47. The zero-order valence-corrected chi connectivity index (χ0v) is 15.3. The van der Waals surface area contributed by atoms with Crippen molar-refractivity contribution in [3.8, 4) is 0 Å². The SMILES string of the molecule is CC(C)N1CCC(N(C)CC(=O)Nc2ccccc2Br)CC1. The summed E-state index contributed by atoms with van der Waals surface area (Å²) in [5.41, 5.74) is 0.829. The van der Waals surface area contributed by atoms with Gasteiger partial charge in [0.1, 0.15) is 0 Å². The third-order valence-electron chi connectivity index (χ3n) is 4.39. The molecule has 0 aliphatic carbocycles. The molecule has 22 heavy (non-hydrogen) atoms. The Balaban J connectivity index is 1.81. The number of likely N-dealkylation sites (N-methyl/N-ethyl adjacent to an activating group) is 1. The van der Waals surface area contributed by atoms with Crippen molar-refractivity contribution in [2.45, 2.75) is 38.8 Å². The molecule has 0 saturated carbocycles. The first-order valence-electron chi connectivity index (χ1n) is 7.96. The minimum absolute atomic E-state index is 0.0423. The number of likely N-dealkylation sites (tertiary alicyclic amines) is 1. The van der Waals surface area contributed by atoms with Crippen LogP contribution in [-0.4, -0.2) is 54.5 Å². The van der Waals surface area contributed by atoms with Crippen LogP contribution in [0.5, 0.6) is 0 Å². The maximum atomic E-state index is 12.2. The molecule has 0 aromatic heterocycles. The number of rotatable bonds is 5. The Morgan fingerprint density at radius 1 is 1.36 bits per heavy atom. The van der Waals surface area contributed by atoms with Crippen LogP contribution in [0.2, 0.25) is 0 Å². The molecule has 4 nitrogen and oxygen atoms in total. The van der Waals surface area contributed by atoms with Crippen molar-refractivity contribution < 1.29 is 4.79 Å². The number of para-hydroxylation sites is 1.